The smallest absolute Gasteiger partial charge is 0.303 e. The third-order valence-electron chi connectivity index (χ3n) is 2.62. The molecule has 1 rings (SSSR count). The molecule has 0 bridgehead atoms. The first-order valence-electron chi connectivity index (χ1n) is 5.92. The van der Waals surface area contributed by atoms with E-state index in [0.717, 1.165) is 5.69 Å². The minimum Gasteiger partial charge on any atom is -0.493 e. The van der Waals surface area contributed by atoms with Gasteiger partial charge in [-0.15, -0.1) is 0 Å². The molecule has 0 radical (unpaired) electrons. The van der Waals surface area contributed by atoms with E-state index >= 15 is 0 Å². The quantitative estimate of drug-likeness (QED) is 0.660. The number of hydrogen-bond acceptors (Lipinski definition) is 5. The second kappa shape index (κ2) is 7.48. The lowest BCUT2D eigenvalue weighted by Gasteiger charge is -2.14. The molecular weight excluding hydrogens is 250 g/mol. The fourth-order valence-electron chi connectivity index (χ4n) is 1.57. The summed E-state index contributed by atoms with van der Waals surface area (Å²) < 4.78 is 10.3. The molecule has 19 heavy (non-hydrogen) atoms. The first-order chi connectivity index (χ1) is 9.06. The van der Waals surface area contributed by atoms with Gasteiger partial charge < -0.3 is 25.0 Å². The molecular formula is C13H19NO5. The summed E-state index contributed by atoms with van der Waals surface area (Å²) in [6, 6.07) is 5.30. The minimum absolute atomic E-state index is 0.0468. The zero-order valence-corrected chi connectivity index (χ0v) is 11.0. The second-order valence-electron chi connectivity index (χ2n) is 4.04. The molecule has 1 atom stereocenters. The van der Waals surface area contributed by atoms with Crippen molar-refractivity contribution in [1.82, 2.24) is 0 Å². The maximum absolute atomic E-state index is 10.4. The predicted molar refractivity (Wildman–Crippen MR) is 70.9 cm³/mol. The zero-order valence-electron chi connectivity index (χ0n) is 11.0. The highest BCUT2D eigenvalue weighted by atomic mass is 16.5. The van der Waals surface area contributed by atoms with Crippen molar-refractivity contribution in [3.05, 3.63) is 18.2 Å². The van der Waals surface area contributed by atoms with E-state index in [4.69, 9.17) is 14.6 Å². The van der Waals surface area contributed by atoms with E-state index in [1.807, 2.05) is 0 Å². The highest BCUT2D eigenvalue weighted by molar-refractivity contribution is 5.66. The largest absolute Gasteiger partial charge is 0.493 e. The van der Waals surface area contributed by atoms with Gasteiger partial charge in [-0.05, 0) is 18.6 Å². The minimum atomic E-state index is -0.912. The molecule has 3 N–H and O–H groups in total. The van der Waals surface area contributed by atoms with Gasteiger partial charge in [0.1, 0.15) is 0 Å². The van der Waals surface area contributed by atoms with Gasteiger partial charge in [-0.3, -0.25) is 4.79 Å². The van der Waals surface area contributed by atoms with Crippen molar-refractivity contribution in [1.29, 1.82) is 0 Å². The fraction of sp³-hybridized carbons (Fsp3) is 0.462. The number of aliphatic hydroxyl groups excluding tert-OH is 1. The van der Waals surface area contributed by atoms with Gasteiger partial charge in [-0.1, -0.05) is 0 Å². The van der Waals surface area contributed by atoms with Crippen LogP contribution in [0.2, 0.25) is 0 Å². The summed E-state index contributed by atoms with van der Waals surface area (Å²) in [4.78, 5) is 10.4. The molecule has 0 saturated carbocycles. The Hall–Kier alpha value is -1.95. The van der Waals surface area contributed by atoms with E-state index < -0.39 is 12.1 Å². The normalized spacial score (nSPS) is 11.7. The van der Waals surface area contributed by atoms with Gasteiger partial charge in [0.25, 0.3) is 0 Å². The number of benzene rings is 1. The summed E-state index contributed by atoms with van der Waals surface area (Å²) in [6.45, 7) is 0.281. The Labute approximate surface area is 112 Å². The first kappa shape index (κ1) is 15.1. The second-order valence-corrected chi connectivity index (χ2v) is 4.04. The van der Waals surface area contributed by atoms with E-state index in [0.29, 0.717) is 11.5 Å². The average molecular weight is 269 g/mol. The van der Waals surface area contributed by atoms with Crippen molar-refractivity contribution in [2.75, 3.05) is 26.1 Å². The van der Waals surface area contributed by atoms with Crippen molar-refractivity contribution >= 4 is 11.7 Å². The summed E-state index contributed by atoms with van der Waals surface area (Å²) in [5.74, 6) is 0.303. The summed E-state index contributed by atoms with van der Waals surface area (Å²) >= 11 is 0. The number of carboxylic acid groups (broad SMARTS) is 1. The third-order valence-corrected chi connectivity index (χ3v) is 2.62. The van der Waals surface area contributed by atoms with Gasteiger partial charge in [0.15, 0.2) is 11.5 Å². The van der Waals surface area contributed by atoms with Crippen LogP contribution in [0.5, 0.6) is 11.5 Å². The molecule has 0 aromatic heterocycles. The van der Waals surface area contributed by atoms with Crippen LogP contribution < -0.4 is 14.8 Å². The maximum atomic E-state index is 10.4. The standard InChI is InChI=1S/C13H19NO5/c1-18-11-5-3-9(7-12(11)19-2)14-8-10(15)4-6-13(16)17/h3,5,7,10,14-15H,4,6,8H2,1-2H3,(H,16,17). The number of nitrogens with one attached hydrogen (secondary N) is 1. The molecule has 6 nitrogen and oxygen atoms in total. The van der Waals surface area contributed by atoms with Crippen LogP contribution in [-0.4, -0.2) is 43.1 Å². The van der Waals surface area contributed by atoms with Crippen LogP contribution >= 0.6 is 0 Å². The average Bonchev–Trinajstić information content (AvgIpc) is 2.42. The van der Waals surface area contributed by atoms with E-state index in [1.54, 1.807) is 32.4 Å². The molecule has 0 heterocycles. The molecule has 0 spiro atoms. The number of carboxylic acids is 1. The fourth-order valence-corrected chi connectivity index (χ4v) is 1.57. The number of anilines is 1. The molecule has 106 valence electrons. The van der Waals surface area contributed by atoms with Crippen molar-refractivity contribution in [2.45, 2.75) is 18.9 Å². The van der Waals surface area contributed by atoms with E-state index in [1.165, 1.54) is 0 Å². The number of aliphatic carboxylic acids is 1. The Bertz CT molecular complexity index is 421. The van der Waals surface area contributed by atoms with Crippen molar-refractivity contribution in [2.24, 2.45) is 0 Å². The topological polar surface area (TPSA) is 88.0 Å². The Morgan fingerprint density at radius 3 is 2.58 bits per heavy atom. The monoisotopic (exact) mass is 269 g/mol. The summed E-state index contributed by atoms with van der Waals surface area (Å²) in [5.41, 5.74) is 0.770. The lowest BCUT2D eigenvalue weighted by atomic mass is 10.2. The van der Waals surface area contributed by atoms with Crippen LogP contribution in [0.15, 0.2) is 18.2 Å². The Kier molecular flexibility index (Phi) is 5.95. The summed E-state index contributed by atoms with van der Waals surface area (Å²) in [5, 5.41) is 21.1. The molecule has 1 unspecified atom stereocenters. The number of aliphatic hydroxyl groups is 1. The first-order valence-corrected chi connectivity index (χ1v) is 5.92. The molecule has 1 aromatic rings. The SMILES string of the molecule is COc1ccc(NCC(O)CCC(=O)O)cc1OC. The number of carbonyl (C=O) groups is 1. The summed E-state index contributed by atoms with van der Waals surface area (Å²) in [6.07, 6.45) is -0.533. The Morgan fingerprint density at radius 2 is 2.00 bits per heavy atom. The van der Waals surface area contributed by atoms with Crippen molar-refractivity contribution in [3.8, 4) is 11.5 Å². The Morgan fingerprint density at radius 1 is 1.32 bits per heavy atom. The molecule has 0 saturated heterocycles. The molecule has 0 aliphatic rings. The number of hydrogen-bond donors (Lipinski definition) is 3. The molecule has 0 aliphatic carbocycles. The lowest BCUT2D eigenvalue weighted by molar-refractivity contribution is -0.137. The molecule has 6 heteroatoms. The molecule has 0 amide bonds. The van der Waals surface area contributed by atoms with Gasteiger partial charge in [-0.2, -0.15) is 0 Å². The van der Waals surface area contributed by atoms with Crippen molar-refractivity contribution in [3.63, 3.8) is 0 Å². The highest BCUT2D eigenvalue weighted by Gasteiger charge is 2.08. The predicted octanol–water partition coefficient (Wildman–Crippen LogP) is 1.34. The summed E-state index contributed by atoms with van der Waals surface area (Å²) in [7, 11) is 3.10. The molecule has 0 fully saturated rings. The van der Waals surface area contributed by atoms with E-state index in [9.17, 15) is 9.90 Å². The van der Waals surface area contributed by atoms with Crippen LogP contribution in [0.3, 0.4) is 0 Å². The van der Waals surface area contributed by atoms with E-state index in [2.05, 4.69) is 5.32 Å². The Balaban J connectivity index is 2.51. The van der Waals surface area contributed by atoms with Gasteiger partial charge in [0.2, 0.25) is 0 Å². The number of ether oxygens (including phenoxy) is 2. The van der Waals surface area contributed by atoms with Gasteiger partial charge in [0.05, 0.1) is 20.3 Å². The van der Waals surface area contributed by atoms with Gasteiger partial charge >= 0.3 is 5.97 Å². The van der Waals surface area contributed by atoms with Crippen LogP contribution in [0.4, 0.5) is 5.69 Å². The molecule has 1 aromatic carbocycles. The maximum Gasteiger partial charge on any atom is 0.303 e. The number of methoxy groups -OCH3 is 2. The van der Waals surface area contributed by atoms with Crippen LogP contribution in [0.25, 0.3) is 0 Å². The number of rotatable bonds is 8. The third kappa shape index (κ3) is 5.05. The van der Waals surface area contributed by atoms with Crippen molar-refractivity contribution < 1.29 is 24.5 Å². The van der Waals surface area contributed by atoms with Crippen LogP contribution in [-0.2, 0) is 4.79 Å². The lowest BCUT2D eigenvalue weighted by Crippen LogP contribution is -2.20. The van der Waals surface area contributed by atoms with Gasteiger partial charge in [-0.25, -0.2) is 0 Å². The highest BCUT2D eigenvalue weighted by Crippen LogP contribution is 2.29. The van der Waals surface area contributed by atoms with E-state index in [-0.39, 0.29) is 19.4 Å². The zero-order chi connectivity index (χ0) is 14.3. The molecule has 0 aliphatic heterocycles. The van der Waals surface area contributed by atoms with Gasteiger partial charge in [0, 0.05) is 24.7 Å². The van der Waals surface area contributed by atoms with Crippen LogP contribution in [0.1, 0.15) is 12.8 Å². The van der Waals surface area contributed by atoms with Crippen LogP contribution in [0, 0.1) is 0 Å².